The molecule has 0 spiro atoms. The third-order valence-electron chi connectivity index (χ3n) is 1.75. The molecule has 1 aromatic carbocycles. The van der Waals surface area contributed by atoms with Crippen LogP contribution < -0.4 is 4.74 Å². The van der Waals surface area contributed by atoms with E-state index in [4.69, 9.17) is 15.4 Å². The molecule has 0 aromatic heterocycles. The van der Waals surface area contributed by atoms with Crippen LogP contribution in [0, 0.1) is 0 Å². The number of methoxy groups -OCH3 is 1. The number of hydrogen-bond donors (Lipinski definition) is 0. The predicted octanol–water partition coefficient (Wildman–Crippen LogP) is 2.32. The van der Waals surface area contributed by atoms with Crippen LogP contribution in [0.3, 0.4) is 0 Å². The number of allylic oxidation sites excluding steroid dienone is 1. The van der Waals surface area contributed by atoms with E-state index in [1.54, 1.807) is 7.11 Å². The molecule has 3 nitrogen and oxygen atoms in total. The summed E-state index contributed by atoms with van der Waals surface area (Å²) < 4.78 is 26.2. The first-order valence-corrected chi connectivity index (χ1v) is 6.62. The molecular formula is C10H11ClO3S. The number of ether oxygens (including phenoxy) is 1. The lowest BCUT2D eigenvalue weighted by Crippen LogP contribution is -1.86. The van der Waals surface area contributed by atoms with Crippen LogP contribution in [0.4, 0.5) is 0 Å². The lowest BCUT2D eigenvalue weighted by Gasteiger charge is -2.01. The summed E-state index contributed by atoms with van der Waals surface area (Å²) in [5, 5.41) is 0.980. The molecule has 0 aliphatic rings. The summed E-state index contributed by atoms with van der Waals surface area (Å²) >= 11 is 0. The van der Waals surface area contributed by atoms with Crippen LogP contribution in [-0.2, 0) is 15.5 Å². The molecule has 0 N–H and O–H groups in total. The van der Waals surface area contributed by atoms with Crippen LogP contribution in [0.1, 0.15) is 5.56 Å². The molecule has 0 aliphatic carbocycles. The van der Waals surface area contributed by atoms with Gasteiger partial charge in [0.15, 0.2) is 0 Å². The third kappa shape index (κ3) is 4.85. The Bertz CT molecular complexity index is 451. The molecular weight excluding hydrogens is 236 g/mol. The second-order valence-corrected chi connectivity index (χ2v) is 5.42. The Labute approximate surface area is 93.7 Å². The Morgan fingerprint density at radius 3 is 2.80 bits per heavy atom. The van der Waals surface area contributed by atoms with Crippen molar-refractivity contribution in [3.8, 4) is 5.75 Å². The molecule has 1 aromatic rings. The Balaban J connectivity index is 2.69. The highest BCUT2D eigenvalue weighted by molar-refractivity contribution is 8.16. The number of halogens is 1. The Morgan fingerprint density at radius 2 is 2.20 bits per heavy atom. The van der Waals surface area contributed by atoms with Crippen molar-refractivity contribution in [3.05, 3.63) is 41.3 Å². The Hall–Kier alpha value is -1.00. The molecule has 0 saturated carbocycles. The first kappa shape index (κ1) is 12.1. The highest BCUT2D eigenvalue weighted by Gasteiger charge is 1.97. The van der Waals surface area contributed by atoms with Crippen molar-refractivity contribution in [3.63, 3.8) is 0 Å². The van der Waals surface area contributed by atoms with Gasteiger partial charge in [0, 0.05) is 16.1 Å². The van der Waals surface area contributed by atoms with Crippen molar-refractivity contribution in [1.29, 1.82) is 0 Å². The van der Waals surface area contributed by atoms with Gasteiger partial charge in [-0.1, -0.05) is 18.2 Å². The van der Waals surface area contributed by atoms with Gasteiger partial charge in [-0.3, -0.25) is 0 Å². The van der Waals surface area contributed by atoms with Gasteiger partial charge < -0.3 is 4.74 Å². The van der Waals surface area contributed by atoms with Gasteiger partial charge >= 0.3 is 0 Å². The first-order chi connectivity index (χ1) is 7.01. The predicted molar refractivity (Wildman–Crippen MR) is 60.6 cm³/mol. The van der Waals surface area contributed by atoms with Gasteiger partial charge in [-0.05, 0) is 24.1 Å². The van der Waals surface area contributed by atoms with Crippen molar-refractivity contribution in [1.82, 2.24) is 0 Å². The van der Waals surface area contributed by atoms with E-state index in [-0.39, 0.29) is 0 Å². The van der Waals surface area contributed by atoms with Crippen LogP contribution in [0.2, 0.25) is 0 Å². The van der Waals surface area contributed by atoms with E-state index >= 15 is 0 Å². The summed E-state index contributed by atoms with van der Waals surface area (Å²) in [5.41, 5.74) is 0.964. The molecule has 0 atom stereocenters. The maximum Gasteiger partial charge on any atom is 0.254 e. The summed E-state index contributed by atoms with van der Waals surface area (Å²) in [7, 11) is 3.05. The molecule has 5 heteroatoms. The monoisotopic (exact) mass is 246 g/mol. The molecule has 0 amide bonds. The fourth-order valence-electron chi connectivity index (χ4n) is 1.10. The molecule has 0 fully saturated rings. The van der Waals surface area contributed by atoms with Gasteiger partial charge in [0.1, 0.15) is 5.75 Å². The molecule has 1 rings (SSSR count). The topological polar surface area (TPSA) is 43.4 Å². The zero-order chi connectivity index (χ0) is 11.3. The summed E-state index contributed by atoms with van der Waals surface area (Å²) in [6, 6.07) is 7.39. The smallest absolute Gasteiger partial charge is 0.254 e. The minimum absolute atomic E-state index is 0.503. The summed E-state index contributed by atoms with van der Waals surface area (Å²) in [6.45, 7) is 0. The molecule has 0 radical (unpaired) electrons. The molecule has 0 bridgehead atoms. The maximum absolute atomic E-state index is 10.6. The fourth-order valence-corrected chi connectivity index (χ4v) is 1.64. The van der Waals surface area contributed by atoms with Crippen molar-refractivity contribution in [2.45, 2.75) is 6.42 Å². The van der Waals surface area contributed by atoms with E-state index in [1.165, 1.54) is 6.08 Å². The zero-order valence-electron chi connectivity index (χ0n) is 8.18. The van der Waals surface area contributed by atoms with E-state index < -0.39 is 9.05 Å². The second kappa shape index (κ2) is 5.19. The average molecular weight is 247 g/mol. The molecule has 15 heavy (non-hydrogen) atoms. The van der Waals surface area contributed by atoms with Crippen LogP contribution in [0.5, 0.6) is 5.75 Å². The first-order valence-electron chi connectivity index (χ1n) is 4.25. The quantitative estimate of drug-likeness (QED) is 0.766. The Kier molecular flexibility index (Phi) is 4.17. The standard InChI is InChI=1S/C10H11ClO3S/c1-14-10-6-2-4-9(8-10)5-3-7-15(11,12)13/h2-4,6-8H,5H2,1H3/b7-3-. The van der Waals surface area contributed by atoms with E-state index in [9.17, 15) is 8.42 Å². The average Bonchev–Trinajstić information content (AvgIpc) is 2.16. The summed E-state index contributed by atoms with van der Waals surface area (Å²) in [5.74, 6) is 0.745. The van der Waals surface area contributed by atoms with Gasteiger partial charge in [0.25, 0.3) is 9.05 Å². The van der Waals surface area contributed by atoms with Crippen molar-refractivity contribution >= 4 is 19.7 Å². The molecule has 82 valence electrons. The fraction of sp³-hybridized carbons (Fsp3) is 0.200. The van der Waals surface area contributed by atoms with Gasteiger partial charge in [-0.15, -0.1) is 0 Å². The van der Waals surface area contributed by atoms with Crippen molar-refractivity contribution in [2.24, 2.45) is 0 Å². The van der Waals surface area contributed by atoms with Crippen molar-refractivity contribution < 1.29 is 13.2 Å². The van der Waals surface area contributed by atoms with E-state index in [0.29, 0.717) is 6.42 Å². The lowest BCUT2D eigenvalue weighted by atomic mass is 10.1. The molecule has 0 aliphatic heterocycles. The maximum atomic E-state index is 10.6. The van der Waals surface area contributed by atoms with Gasteiger partial charge in [-0.2, -0.15) is 0 Å². The number of hydrogen-bond acceptors (Lipinski definition) is 3. The molecule has 0 unspecified atom stereocenters. The normalized spacial score (nSPS) is 11.9. The molecule has 0 saturated heterocycles. The summed E-state index contributed by atoms with van der Waals surface area (Å²) in [4.78, 5) is 0. The zero-order valence-corrected chi connectivity index (χ0v) is 9.75. The van der Waals surface area contributed by atoms with Crippen LogP contribution in [-0.4, -0.2) is 15.5 Å². The van der Waals surface area contributed by atoms with Gasteiger partial charge in [-0.25, -0.2) is 8.42 Å². The number of rotatable bonds is 4. The number of benzene rings is 1. The lowest BCUT2D eigenvalue weighted by molar-refractivity contribution is 0.414. The van der Waals surface area contributed by atoms with E-state index in [0.717, 1.165) is 16.7 Å². The van der Waals surface area contributed by atoms with Gasteiger partial charge in [0.2, 0.25) is 0 Å². The summed E-state index contributed by atoms with van der Waals surface area (Å²) in [6.07, 6.45) is 2.00. The minimum atomic E-state index is -3.55. The minimum Gasteiger partial charge on any atom is -0.497 e. The Morgan fingerprint density at radius 1 is 1.47 bits per heavy atom. The van der Waals surface area contributed by atoms with E-state index in [2.05, 4.69) is 0 Å². The van der Waals surface area contributed by atoms with E-state index in [1.807, 2.05) is 24.3 Å². The van der Waals surface area contributed by atoms with Crippen LogP contribution >= 0.6 is 10.7 Å². The SMILES string of the molecule is COc1cccc(C/C=C\S(=O)(=O)Cl)c1. The third-order valence-corrected chi connectivity index (χ3v) is 2.57. The highest BCUT2D eigenvalue weighted by Crippen LogP contribution is 2.13. The molecule has 0 heterocycles. The largest absolute Gasteiger partial charge is 0.497 e. The van der Waals surface area contributed by atoms with Crippen LogP contribution in [0.25, 0.3) is 0 Å². The van der Waals surface area contributed by atoms with Crippen molar-refractivity contribution in [2.75, 3.05) is 7.11 Å². The van der Waals surface area contributed by atoms with Gasteiger partial charge in [0.05, 0.1) is 7.11 Å². The van der Waals surface area contributed by atoms with Crippen LogP contribution in [0.15, 0.2) is 35.7 Å². The highest BCUT2D eigenvalue weighted by atomic mass is 35.7. The second-order valence-electron chi connectivity index (χ2n) is 2.90.